The Morgan fingerprint density at radius 2 is 2.06 bits per heavy atom. The fourth-order valence-electron chi connectivity index (χ4n) is 1.30. The van der Waals surface area contributed by atoms with E-state index in [0.717, 1.165) is 5.69 Å². The Hall–Kier alpha value is -2.14. The van der Waals surface area contributed by atoms with Crippen LogP contribution < -0.4 is 5.32 Å². The highest BCUT2D eigenvalue weighted by Crippen LogP contribution is 2.09. The lowest BCUT2D eigenvalue weighted by Crippen LogP contribution is -2.15. The predicted molar refractivity (Wildman–Crippen MR) is 59.3 cm³/mol. The van der Waals surface area contributed by atoms with Gasteiger partial charge in [-0.1, -0.05) is 18.2 Å². The van der Waals surface area contributed by atoms with E-state index < -0.39 is 12.5 Å². The van der Waals surface area contributed by atoms with Gasteiger partial charge in [0.05, 0.1) is 5.69 Å². The van der Waals surface area contributed by atoms with E-state index in [-0.39, 0.29) is 0 Å². The van der Waals surface area contributed by atoms with Gasteiger partial charge in [0, 0.05) is 12.3 Å². The molecule has 0 radical (unpaired) electrons. The SMILES string of the molecule is O=C(CO)Nc1ccn(-c2ccccc2)n1. The topological polar surface area (TPSA) is 67.2 Å². The number of hydrogen-bond acceptors (Lipinski definition) is 3. The molecule has 1 aromatic heterocycles. The largest absolute Gasteiger partial charge is 0.387 e. The summed E-state index contributed by atoms with van der Waals surface area (Å²) in [7, 11) is 0. The summed E-state index contributed by atoms with van der Waals surface area (Å²) in [5.74, 6) is -0.0544. The van der Waals surface area contributed by atoms with E-state index in [9.17, 15) is 4.79 Å². The minimum atomic E-state index is -0.543. The summed E-state index contributed by atoms with van der Waals surface area (Å²) in [6.07, 6.45) is 1.74. The van der Waals surface area contributed by atoms with Crippen molar-refractivity contribution in [1.82, 2.24) is 9.78 Å². The van der Waals surface area contributed by atoms with E-state index in [1.165, 1.54) is 0 Å². The Labute approximate surface area is 92.3 Å². The van der Waals surface area contributed by atoms with E-state index in [0.29, 0.717) is 5.82 Å². The number of hydrogen-bond donors (Lipinski definition) is 2. The number of aliphatic hydroxyl groups excluding tert-OH is 1. The first-order valence-electron chi connectivity index (χ1n) is 4.81. The summed E-state index contributed by atoms with van der Waals surface area (Å²) in [5, 5.41) is 15.2. The van der Waals surface area contributed by atoms with Crippen LogP contribution in [0.1, 0.15) is 0 Å². The Kier molecular flexibility index (Phi) is 2.98. The van der Waals surface area contributed by atoms with E-state index in [1.807, 2.05) is 30.3 Å². The van der Waals surface area contributed by atoms with Crippen LogP contribution in [-0.4, -0.2) is 27.4 Å². The quantitative estimate of drug-likeness (QED) is 0.799. The second-order valence-corrected chi connectivity index (χ2v) is 3.19. The average molecular weight is 217 g/mol. The maximum atomic E-state index is 10.9. The zero-order valence-electron chi connectivity index (χ0n) is 8.50. The second kappa shape index (κ2) is 4.59. The smallest absolute Gasteiger partial charge is 0.251 e. The molecule has 2 N–H and O–H groups in total. The van der Waals surface area contributed by atoms with Gasteiger partial charge in [0.25, 0.3) is 5.91 Å². The molecule has 82 valence electrons. The lowest BCUT2D eigenvalue weighted by Gasteiger charge is -2.00. The van der Waals surface area contributed by atoms with Crippen molar-refractivity contribution >= 4 is 11.7 Å². The molecule has 1 heterocycles. The molecule has 0 aliphatic rings. The molecule has 0 unspecified atom stereocenters. The normalized spacial score (nSPS) is 10.1. The van der Waals surface area contributed by atoms with Gasteiger partial charge in [-0.3, -0.25) is 4.79 Å². The van der Waals surface area contributed by atoms with Gasteiger partial charge in [0.15, 0.2) is 5.82 Å². The number of nitrogens with zero attached hydrogens (tertiary/aromatic N) is 2. The summed E-state index contributed by atoms with van der Waals surface area (Å²) in [4.78, 5) is 10.9. The first kappa shape index (κ1) is 10.4. The molecule has 5 heteroatoms. The van der Waals surface area contributed by atoms with Crippen molar-refractivity contribution in [3.05, 3.63) is 42.6 Å². The van der Waals surface area contributed by atoms with E-state index >= 15 is 0 Å². The monoisotopic (exact) mass is 217 g/mol. The van der Waals surface area contributed by atoms with Crippen molar-refractivity contribution in [2.45, 2.75) is 0 Å². The van der Waals surface area contributed by atoms with Crippen LogP contribution in [0, 0.1) is 0 Å². The molecule has 0 atom stereocenters. The highest BCUT2D eigenvalue weighted by atomic mass is 16.3. The maximum Gasteiger partial charge on any atom is 0.251 e. The van der Waals surface area contributed by atoms with Crippen molar-refractivity contribution in [3.8, 4) is 5.69 Å². The highest BCUT2D eigenvalue weighted by Gasteiger charge is 2.03. The number of carbonyl (C=O) groups excluding carboxylic acids is 1. The molecule has 2 rings (SSSR count). The molecule has 1 aromatic carbocycles. The number of aromatic nitrogens is 2. The molecule has 0 saturated carbocycles. The van der Waals surface area contributed by atoms with Gasteiger partial charge in [-0.2, -0.15) is 5.10 Å². The van der Waals surface area contributed by atoms with Gasteiger partial charge in [-0.05, 0) is 12.1 Å². The van der Waals surface area contributed by atoms with Gasteiger partial charge in [0.2, 0.25) is 0 Å². The number of rotatable bonds is 3. The zero-order chi connectivity index (χ0) is 11.4. The van der Waals surface area contributed by atoms with Crippen molar-refractivity contribution in [2.75, 3.05) is 11.9 Å². The van der Waals surface area contributed by atoms with E-state index in [1.54, 1.807) is 16.9 Å². The van der Waals surface area contributed by atoms with Gasteiger partial charge in [-0.15, -0.1) is 0 Å². The van der Waals surface area contributed by atoms with Gasteiger partial charge >= 0.3 is 0 Å². The van der Waals surface area contributed by atoms with Crippen LogP contribution in [0.4, 0.5) is 5.82 Å². The fraction of sp³-hybridized carbons (Fsp3) is 0.0909. The van der Waals surface area contributed by atoms with Crippen LogP contribution in [0.25, 0.3) is 5.69 Å². The maximum absolute atomic E-state index is 10.9. The molecule has 0 spiro atoms. The molecule has 0 saturated heterocycles. The predicted octanol–water partition coefficient (Wildman–Crippen LogP) is 0.803. The summed E-state index contributed by atoms with van der Waals surface area (Å²) >= 11 is 0. The summed E-state index contributed by atoms with van der Waals surface area (Å²) in [5.41, 5.74) is 0.909. The summed E-state index contributed by atoms with van der Waals surface area (Å²) in [6, 6.07) is 11.2. The van der Waals surface area contributed by atoms with Gasteiger partial charge < -0.3 is 10.4 Å². The number of carbonyl (C=O) groups is 1. The average Bonchev–Trinajstić information content (AvgIpc) is 2.78. The van der Waals surface area contributed by atoms with Crippen LogP contribution in [-0.2, 0) is 4.79 Å². The molecule has 0 aliphatic heterocycles. The number of amides is 1. The molecule has 0 aliphatic carbocycles. The number of benzene rings is 1. The lowest BCUT2D eigenvalue weighted by atomic mass is 10.3. The minimum absolute atomic E-state index is 0.419. The Balaban J connectivity index is 2.17. The minimum Gasteiger partial charge on any atom is -0.387 e. The molecule has 16 heavy (non-hydrogen) atoms. The molecule has 5 nitrogen and oxygen atoms in total. The van der Waals surface area contributed by atoms with Crippen molar-refractivity contribution in [3.63, 3.8) is 0 Å². The van der Waals surface area contributed by atoms with E-state index in [2.05, 4.69) is 10.4 Å². The third-order valence-electron chi connectivity index (χ3n) is 2.02. The number of nitrogens with one attached hydrogen (secondary N) is 1. The van der Waals surface area contributed by atoms with Crippen LogP contribution in [0.3, 0.4) is 0 Å². The third kappa shape index (κ3) is 2.26. The summed E-state index contributed by atoms with van der Waals surface area (Å²) in [6.45, 7) is -0.543. The standard InChI is InChI=1S/C11H11N3O2/c15-8-11(16)12-10-6-7-14(13-10)9-4-2-1-3-5-9/h1-7,15H,8H2,(H,12,13,16). The Morgan fingerprint density at radius 1 is 1.31 bits per heavy atom. The Morgan fingerprint density at radius 3 is 2.75 bits per heavy atom. The molecular formula is C11H11N3O2. The molecule has 1 amide bonds. The van der Waals surface area contributed by atoms with Gasteiger partial charge in [0.1, 0.15) is 6.61 Å². The summed E-state index contributed by atoms with van der Waals surface area (Å²) < 4.78 is 1.65. The van der Waals surface area contributed by atoms with Crippen molar-refractivity contribution in [1.29, 1.82) is 0 Å². The van der Waals surface area contributed by atoms with Crippen LogP contribution >= 0.6 is 0 Å². The first-order valence-corrected chi connectivity index (χ1v) is 4.81. The van der Waals surface area contributed by atoms with Gasteiger partial charge in [-0.25, -0.2) is 4.68 Å². The highest BCUT2D eigenvalue weighted by molar-refractivity contribution is 5.90. The lowest BCUT2D eigenvalue weighted by molar-refractivity contribution is -0.118. The van der Waals surface area contributed by atoms with Crippen LogP contribution in [0.5, 0.6) is 0 Å². The molecular weight excluding hydrogens is 206 g/mol. The third-order valence-corrected chi connectivity index (χ3v) is 2.02. The molecule has 0 bridgehead atoms. The van der Waals surface area contributed by atoms with Crippen molar-refractivity contribution < 1.29 is 9.90 Å². The number of anilines is 1. The second-order valence-electron chi connectivity index (χ2n) is 3.19. The number of para-hydroxylation sites is 1. The fourth-order valence-corrected chi connectivity index (χ4v) is 1.30. The van der Waals surface area contributed by atoms with Crippen LogP contribution in [0.2, 0.25) is 0 Å². The number of aliphatic hydroxyl groups is 1. The van der Waals surface area contributed by atoms with Crippen molar-refractivity contribution in [2.24, 2.45) is 0 Å². The van der Waals surface area contributed by atoms with Crippen LogP contribution in [0.15, 0.2) is 42.6 Å². The molecule has 2 aromatic rings. The Bertz CT molecular complexity index is 479. The van der Waals surface area contributed by atoms with E-state index in [4.69, 9.17) is 5.11 Å². The molecule has 0 fully saturated rings. The zero-order valence-corrected chi connectivity index (χ0v) is 8.50. The first-order chi connectivity index (χ1) is 7.79.